The molecule has 1 saturated heterocycles. The van der Waals surface area contributed by atoms with E-state index in [-0.39, 0.29) is 24.5 Å². The molecule has 0 aromatic carbocycles. The maximum Gasteiger partial charge on any atom is 0.489 e. The Morgan fingerprint density at radius 2 is 1.91 bits per heavy atom. The van der Waals surface area contributed by atoms with Gasteiger partial charge in [0, 0.05) is 0 Å². The van der Waals surface area contributed by atoms with E-state index in [1.807, 2.05) is 0 Å². The summed E-state index contributed by atoms with van der Waals surface area (Å²) in [5.74, 6) is -0.264. The number of nitrogens with two attached hydrogens (primary N) is 2. The number of phosphoric acid groups is 2. The van der Waals surface area contributed by atoms with Crippen LogP contribution in [0.4, 0.5) is 5.95 Å². The summed E-state index contributed by atoms with van der Waals surface area (Å²) in [7, 11) is -16.1. The number of rotatable bonds is 8. The van der Waals surface area contributed by atoms with Gasteiger partial charge in [-0.3, -0.25) is 18.9 Å². The SMILES string of the molecule is C.C[C@@]1(O)[C@H](O)[C@@H](COP(N)(=O)OP(=O)(O)OP(=O)(O)O)O[C@H]1n1cnc2c(=O)[nH]c(N)nc21. The van der Waals surface area contributed by atoms with Gasteiger partial charge in [-0.25, -0.2) is 24.2 Å². The van der Waals surface area contributed by atoms with Crippen LogP contribution in [-0.4, -0.2) is 68.8 Å². The second-order valence-electron chi connectivity index (χ2n) is 6.93. The Morgan fingerprint density at radius 3 is 2.50 bits per heavy atom. The number of aliphatic hydroxyl groups is 2. The number of imidazole rings is 1. The first-order chi connectivity index (χ1) is 14.9. The molecular weight excluding hydrogens is 529 g/mol. The molecule has 22 heteroatoms. The molecule has 10 N–H and O–H groups in total. The third-order valence-electron chi connectivity index (χ3n) is 4.30. The van der Waals surface area contributed by atoms with Crippen LogP contribution in [0.25, 0.3) is 11.2 Å². The van der Waals surface area contributed by atoms with Crippen molar-refractivity contribution in [2.75, 3.05) is 12.3 Å². The lowest BCUT2D eigenvalue weighted by molar-refractivity contribution is -0.0948. The number of nitrogens with one attached hydrogen (secondary N) is 1. The minimum absolute atomic E-state index is 0. The van der Waals surface area contributed by atoms with Crippen LogP contribution in [0.1, 0.15) is 20.6 Å². The van der Waals surface area contributed by atoms with Gasteiger partial charge in [-0.05, 0) is 6.92 Å². The molecule has 3 rings (SSSR count). The van der Waals surface area contributed by atoms with Crippen molar-refractivity contribution in [3.63, 3.8) is 0 Å². The van der Waals surface area contributed by atoms with E-state index in [1.165, 1.54) is 0 Å². The molecular formula is C12H23N6O13P3. The molecule has 2 aromatic heterocycles. The third kappa shape index (κ3) is 6.16. The van der Waals surface area contributed by atoms with Crippen LogP contribution in [-0.2, 0) is 31.6 Å². The molecule has 0 radical (unpaired) electrons. The maximum absolute atomic E-state index is 12.1. The Bertz CT molecular complexity index is 1260. The van der Waals surface area contributed by atoms with Crippen molar-refractivity contribution >= 4 is 40.5 Å². The predicted molar refractivity (Wildman–Crippen MR) is 112 cm³/mol. The highest BCUT2D eigenvalue weighted by Crippen LogP contribution is 2.65. The molecule has 0 aliphatic carbocycles. The summed E-state index contributed by atoms with van der Waals surface area (Å²) in [5, 5.41) is 21.2. The van der Waals surface area contributed by atoms with Crippen molar-refractivity contribution in [1.82, 2.24) is 19.5 Å². The molecule has 194 valence electrons. The zero-order valence-electron chi connectivity index (χ0n) is 16.4. The van der Waals surface area contributed by atoms with Crippen molar-refractivity contribution in [2.24, 2.45) is 5.50 Å². The second-order valence-corrected chi connectivity index (χ2v) is 11.5. The molecule has 1 fully saturated rings. The molecule has 0 spiro atoms. The number of nitrogen functional groups attached to an aromatic ring is 1. The number of nitrogens with zero attached hydrogens (tertiary/aromatic N) is 3. The molecule has 3 heterocycles. The molecule has 6 atom stereocenters. The van der Waals surface area contributed by atoms with E-state index in [1.54, 1.807) is 0 Å². The van der Waals surface area contributed by atoms with Crippen molar-refractivity contribution in [3.05, 3.63) is 16.7 Å². The quantitative estimate of drug-likeness (QED) is 0.176. The van der Waals surface area contributed by atoms with Crippen LogP contribution in [0.15, 0.2) is 11.1 Å². The van der Waals surface area contributed by atoms with E-state index in [4.69, 9.17) is 25.8 Å². The molecule has 0 bridgehead atoms. The lowest BCUT2D eigenvalue weighted by atomic mass is 9.96. The number of fused-ring (bicyclic) bond motifs is 1. The molecule has 1 aliphatic rings. The monoisotopic (exact) mass is 552 g/mol. The van der Waals surface area contributed by atoms with E-state index < -0.39 is 59.6 Å². The summed E-state index contributed by atoms with van der Waals surface area (Å²) in [6, 6.07) is 0. The fourth-order valence-electron chi connectivity index (χ4n) is 2.99. The van der Waals surface area contributed by atoms with Gasteiger partial charge in [0.1, 0.15) is 17.8 Å². The number of hydrogen-bond acceptors (Lipinski definition) is 13. The normalized spacial score (nSPS) is 28.9. The van der Waals surface area contributed by atoms with Crippen molar-refractivity contribution < 1.29 is 56.5 Å². The van der Waals surface area contributed by atoms with Crippen molar-refractivity contribution in [2.45, 2.75) is 38.4 Å². The Hall–Kier alpha value is -1.56. The van der Waals surface area contributed by atoms with Gasteiger partial charge in [0.15, 0.2) is 17.4 Å². The number of hydrogen-bond donors (Lipinski definition) is 8. The fraction of sp³-hybridized carbons (Fsp3) is 0.583. The zero-order valence-corrected chi connectivity index (χ0v) is 19.0. The number of aromatic amines is 1. The molecule has 34 heavy (non-hydrogen) atoms. The predicted octanol–water partition coefficient (Wildman–Crippen LogP) is -1.34. The van der Waals surface area contributed by atoms with E-state index in [0.717, 1.165) is 17.8 Å². The highest BCUT2D eigenvalue weighted by Gasteiger charge is 2.54. The molecule has 2 aromatic rings. The third-order valence-corrected chi connectivity index (χ3v) is 8.22. The summed E-state index contributed by atoms with van der Waals surface area (Å²) >= 11 is 0. The van der Waals surface area contributed by atoms with Gasteiger partial charge in [0.25, 0.3) is 5.56 Å². The first-order valence-electron chi connectivity index (χ1n) is 8.54. The minimum Gasteiger partial charge on any atom is -0.387 e. The first kappa shape index (κ1) is 28.7. The van der Waals surface area contributed by atoms with Gasteiger partial charge >= 0.3 is 23.4 Å². The highest BCUT2D eigenvalue weighted by atomic mass is 31.3. The Balaban J connectivity index is 0.00000408. The minimum atomic E-state index is -5.62. The topological polar surface area (TPSA) is 305 Å². The van der Waals surface area contributed by atoms with Crippen molar-refractivity contribution in [3.8, 4) is 0 Å². The Kier molecular flexibility index (Phi) is 7.99. The summed E-state index contributed by atoms with van der Waals surface area (Å²) in [4.78, 5) is 48.3. The van der Waals surface area contributed by atoms with Crippen LogP contribution in [0.3, 0.4) is 0 Å². The molecule has 2 unspecified atom stereocenters. The Morgan fingerprint density at radius 1 is 1.29 bits per heavy atom. The summed E-state index contributed by atoms with van der Waals surface area (Å²) in [6.45, 7) is 0.249. The number of anilines is 1. The lowest BCUT2D eigenvalue weighted by Gasteiger charge is -2.27. The van der Waals surface area contributed by atoms with Crippen molar-refractivity contribution in [1.29, 1.82) is 0 Å². The van der Waals surface area contributed by atoms with Crippen LogP contribution < -0.4 is 16.8 Å². The van der Waals surface area contributed by atoms with Gasteiger partial charge < -0.3 is 35.4 Å². The van der Waals surface area contributed by atoms with E-state index >= 15 is 0 Å². The molecule has 0 amide bonds. The number of H-pyrrole nitrogens is 1. The van der Waals surface area contributed by atoms with Crippen LogP contribution >= 0.6 is 23.4 Å². The van der Waals surface area contributed by atoms with Gasteiger partial charge in [-0.2, -0.15) is 13.6 Å². The average molecular weight is 552 g/mol. The van der Waals surface area contributed by atoms with E-state index in [0.29, 0.717) is 0 Å². The van der Waals surface area contributed by atoms with Gasteiger partial charge in [0.2, 0.25) is 5.95 Å². The number of ether oxygens (including phenoxy) is 1. The Labute approximate surface area is 190 Å². The number of aliphatic hydroxyl groups excluding tert-OH is 1. The summed E-state index contributed by atoms with van der Waals surface area (Å²) < 4.78 is 52.9. The zero-order chi connectivity index (χ0) is 25.0. The lowest BCUT2D eigenvalue weighted by Crippen LogP contribution is -2.44. The molecule has 19 nitrogen and oxygen atoms in total. The van der Waals surface area contributed by atoms with Gasteiger partial charge in [-0.15, -0.1) is 0 Å². The van der Waals surface area contributed by atoms with Crippen LogP contribution in [0.2, 0.25) is 0 Å². The average Bonchev–Trinajstić information content (AvgIpc) is 3.10. The largest absolute Gasteiger partial charge is 0.489 e. The van der Waals surface area contributed by atoms with Gasteiger partial charge in [0.05, 0.1) is 12.9 Å². The van der Waals surface area contributed by atoms with E-state index in [2.05, 4.69) is 28.1 Å². The van der Waals surface area contributed by atoms with Crippen LogP contribution in [0.5, 0.6) is 0 Å². The van der Waals surface area contributed by atoms with Gasteiger partial charge in [-0.1, -0.05) is 7.43 Å². The summed E-state index contributed by atoms with van der Waals surface area (Å²) in [6.07, 6.45) is -3.57. The standard InChI is InChI=1S/C11H19N6O13P3.CH4/c1-11(20)6(18)4(2-27-31(13,21)29-33(25,26)30-32(22,23)24)28-9(11)17-3-14-5-7(17)15-10(12)16-8(5)19;/h3-4,6,9,18,20H,2H2,1H3,(H2,13,21)(H,25,26)(H2,22,23,24)(H3,12,15,16,19);1H4/t4-,6-,9-,11-,31?;/m1./s1. The highest BCUT2D eigenvalue weighted by molar-refractivity contribution is 7.67. The maximum atomic E-state index is 12.1. The number of aromatic nitrogens is 4. The summed E-state index contributed by atoms with van der Waals surface area (Å²) in [5.41, 5.74) is 7.63. The van der Waals surface area contributed by atoms with Crippen LogP contribution in [0, 0.1) is 0 Å². The molecule has 0 saturated carbocycles. The molecule has 1 aliphatic heterocycles. The fourth-order valence-corrected chi connectivity index (χ4v) is 6.14. The smallest absolute Gasteiger partial charge is 0.387 e. The second kappa shape index (κ2) is 9.48. The van der Waals surface area contributed by atoms with E-state index in [9.17, 15) is 33.6 Å². The first-order valence-corrected chi connectivity index (χ1v) is 13.2.